The number of carbonyl (C=O) groups excluding carboxylic acids is 1. The number of alkyl halides is 3. The highest BCUT2D eigenvalue weighted by molar-refractivity contribution is 7.16. The van der Waals surface area contributed by atoms with Gasteiger partial charge in [-0.1, -0.05) is 28.4 Å². The molecule has 5 nitrogen and oxygen atoms in total. The molecule has 0 radical (unpaired) electrons. The quantitative estimate of drug-likeness (QED) is 0.380. The summed E-state index contributed by atoms with van der Waals surface area (Å²) in [6, 6.07) is 3.74. The fraction of sp³-hybridized carbons (Fsp3) is 0.409. The molecule has 1 aliphatic carbocycles. The van der Waals surface area contributed by atoms with Crippen LogP contribution in [0.5, 0.6) is 0 Å². The van der Waals surface area contributed by atoms with Crippen molar-refractivity contribution in [1.29, 1.82) is 0 Å². The number of hydrogen-bond acceptors (Lipinski definition) is 5. The number of benzene rings is 1. The monoisotopic (exact) mass is 517 g/mol. The zero-order chi connectivity index (χ0) is 23.8. The minimum atomic E-state index is -4.77. The van der Waals surface area contributed by atoms with E-state index in [0.29, 0.717) is 35.7 Å². The van der Waals surface area contributed by atoms with Gasteiger partial charge in [0.05, 0.1) is 22.7 Å². The number of nitrogens with zero attached hydrogens (tertiary/aromatic N) is 2. The van der Waals surface area contributed by atoms with Gasteiger partial charge in [-0.15, -0.1) is 11.3 Å². The molecule has 1 aromatic heterocycles. The normalized spacial score (nSPS) is 20.1. The van der Waals surface area contributed by atoms with Crippen molar-refractivity contribution in [2.75, 3.05) is 13.1 Å². The molecule has 0 spiro atoms. The van der Waals surface area contributed by atoms with Crippen LogP contribution < -0.4 is 5.32 Å². The van der Waals surface area contributed by atoms with E-state index in [2.05, 4.69) is 15.5 Å². The van der Waals surface area contributed by atoms with Crippen LogP contribution in [0.1, 0.15) is 51.0 Å². The lowest BCUT2D eigenvalue weighted by Crippen LogP contribution is -2.42. The number of aliphatic imine (C=N–C) groups is 1. The molecule has 1 aliphatic heterocycles. The van der Waals surface area contributed by atoms with Crippen LogP contribution in [0.25, 0.3) is 0 Å². The number of oxime groups is 1. The standard InChI is InChI=1S/C22H20Cl2F3N3O2S/c1-2-28-6-7-29-20(31)19-16-5-3-4-15(16)18(33-19)17-11-21(32-30-17,22(25,26)27)12-8-13(23)10-14(24)9-12/h2,8-10H,3-7,11H2,1H3,(H,29,31). The maximum absolute atomic E-state index is 14.3. The van der Waals surface area contributed by atoms with Gasteiger partial charge in [0.2, 0.25) is 0 Å². The fourth-order valence-electron chi connectivity index (χ4n) is 4.14. The number of hydrogen-bond donors (Lipinski definition) is 1. The molecular formula is C22H20Cl2F3N3O2S. The second-order valence-corrected chi connectivity index (χ2v) is 9.67. The lowest BCUT2D eigenvalue weighted by molar-refractivity contribution is -0.275. The van der Waals surface area contributed by atoms with Crippen molar-refractivity contribution in [1.82, 2.24) is 5.32 Å². The molecule has 1 unspecified atom stereocenters. The highest BCUT2D eigenvalue weighted by Gasteiger charge is 2.62. The first-order valence-electron chi connectivity index (χ1n) is 10.3. The largest absolute Gasteiger partial charge is 0.435 e. The Hall–Kier alpha value is -2.10. The van der Waals surface area contributed by atoms with Gasteiger partial charge in [-0.2, -0.15) is 13.2 Å². The van der Waals surface area contributed by atoms with Crippen molar-refractivity contribution in [2.24, 2.45) is 10.1 Å². The SMILES string of the molecule is CC=NCCNC(=O)c1sc(C2=NOC(c3cc(Cl)cc(Cl)c3)(C(F)(F)F)C2)c2c1CCC2. The average Bonchev–Trinajstić information content (AvgIpc) is 3.45. The van der Waals surface area contributed by atoms with Crippen LogP contribution in [-0.4, -0.2) is 37.1 Å². The number of fused-ring (bicyclic) bond motifs is 1. The highest BCUT2D eigenvalue weighted by Crippen LogP contribution is 2.51. The lowest BCUT2D eigenvalue weighted by Gasteiger charge is -2.29. The van der Waals surface area contributed by atoms with Crippen LogP contribution in [0, 0.1) is 0 Å². The second kappa shape index (κ2) is 9.27. The first kappa shape index (κ1) is 24.0. The van der Waals surface area contributed by atoms with Gasteiger partial charge < -0.3 is 10.2 Å². The predicted molar refractivity (Wildman–Crippen MR) is 124 cm³/mol. The fourth-order valence-corrected chi connectivity index (χ4v) is 5.96. The van der Waals surface area contributed by atoms with E-state index in [-0.39, 0.29) is 27.2 Å². The molecule has 2 aliphatic rings. The first-order valence-corrected chi connectivity index (χ1v) is 11.9. The van der Waals surface area contributed by atoms with E-state index in [1.54, 1.807) is 13.1 Å². The Morgan fingerprint density at radius 2 is 1.97 bits per heavy atom. The summed E-state index contributed by atoms with van der Waals surface area (Å²) in [5.41, 5.74) is -0.992. The van der Waals surface area contributed by atoms with E-state index in [0.717, 1.165) is 28.9 Å². The number of nitrogens with one attached hydrogen (secondary N) is 1. The van der Waals surface area contributed by atoms with Gasteiger partial charge in [0.25, 0.3) is 11.5 Å². The van der Waals surface area contributed by atoms with Crippen LogP contribution in [0.15, 0.2) is 28.3 Å². The van der Waals surface area contributed by atoms with Crippen molar-refractivity contribution < 1.29 is 22.8 Å². The summed E-state index contributed by atoms with van der Waals surface area (Å²) in [5, 5.41) is 6.83. The van der Waals surface area contributed by atoms with Crippen LogP contribution in [0.2, 0.25) is 10.0 Å². The summed E-state index contributed by atoms with van der Waals surface area (Å²) in [5.74, 6) is -0.251. The molecule has 1 N–H and O–H groups in total. The van der Waals surface area contributed by atoms with Gasteiger partial charge in [-0.25, -0.2) is 0 Å². The molecule has 2 aromatic rings. The third-order valence-corrected chi connectivity index (χ3v) is 7.42. The maximum Gasteiger partial charge on any atom is 0.435 e. The average molecular weight is 518 g/mol. The van der Waals surface area contributed by atoms with Gasteiger partial charge in [0.1, 0.15) is 5.71 Å². The van der Waals surface area contributed by atoms with E-state index in [1.807, 2.05) is 0 Å². The topological polar surface area (TPSA) is 63.0 Å². The zero-order valence-corrected chi connectivity index (χ0v) is 19.9. The molecule has 1 amide bonds. The second-order valence-electron chi connectivity index (χ2n) is 7.78. The minimum Gasteiger partial charge on any atom is -0.374 e. The smallest absolute Gasteiger partial charge is 0.374 e. The first-order chi connectivity index (χ1) is 15.7. The molecule has 176 valence electrons. The molecule has 0 saturated carbocycles. The molecule has 4 rings (SSSR count). The number of thiophene rings is 1. The summed E-state index contributed by atoms with van der Waals surface area (Å²) in [6.07, 6.45) is -1.45. The number of halogens is 5. The van der Waals surface area contributed by atoms with Crippen LogP contribution in [0.3, 0.4) is 0 Å². The molecule has 0 fully saturated rings. The van der Waals surface area contributed by atoms with Gasteiger partial charge in [-0.3, -0.25) is 9.79 Å². The zero-order valence-electron chi connectivity index (χ0n) is 17.6. The molecule has 2 heterocycles. The van der Waals surface area contributed by atoms with E-state index < -0.39 is 18.2 Å². The molecular weight excluding hydrogens is 498 g/mol. The van der Waals surface area contributed by atoms with Gasteiger partial charge in [0, 0.05) is 22.2 Å². The predicted octanol–water partition coefficient (Wildman–Crippen LogP) is 5.95. The van der Waals surface area contributed by atoms with Crippen LogP contribution >= 0.6 is 34.5 Å². The number of carbonyl (C=O) groups is 1. The summed E-state index contributed by atoms with van der Waals surface area (Å²) in [6.45, 7) is 2.63. The number of amides is 1. The van der Waals surface area contributed by atoms with Crippen molar-refractivity contribution in [2.45, 2.75) is 44.4 Å². The Morgan fingerprint density at radius 1 is 1.27 bits per heavy atom. The van der Waals surface area contributed by atoms with Gasteiger partial charge in [0.15, 0.2) is 0 Å². The van der Waals surface area contributed by atoms with E-state index >= 15 is 0 Å². The molecule has 33 heavy (non-hydrogen) atoms. The third kappa shape index (κ3) is 4.50. The Bertz CT molecular complexity index is 1130. The third-order valence-electron chi connectivity index (χ3n) is 5.66. The Balaban J connectivity index is 1.66. The van der Waals surface area contributed by atoms with E-state index in [4.69, 9.17) is 28.0 Å². The van der Waals surface area contributed by atoms with Crippen LogP contribution in [-0.2, 0) is 23.3 Å². The van der Waals surface area contributed by atoms with Crippen molar-refractivity contribution in [3.8, 4) is 0 Å². The highest BCUT2D eigenvalue weighted by atomic mass is 35.5. The minimum absolute atomic E-state index is 0.0709. The van der Waals surface area contributed by atoms with Crippen molar-refractivity contribution >= 4 is 52.4 Å². The Morgan fingerprint density at radius 3 is 2.64 bits per heavy atom. The Labute approximate surface area is 202 Å². The number of rotatable bonds is 6. The van der Waals surface area contributed by atoms with Crippen LogP contribution in [0.4, 0.5) is 13.2 Å². The van der Waals surface area contributed by atoms with Crippen molar-refractivity contribution in [3.63, 3.8) is 0 Å². The maximum atomic E-state index is 14.3. The molecule has 0 saturated heterocycles. The summed E-state index contributed by atoms with van der Waals surface area (Å²) < 4.78 is 42.9. The van der Waals surface area contributed by atoms with E-state index in [1.165, 1.54) is 18.2 Å². The summed E-state index contributed by atoms with van der Waals surface area (Å²) in [4.78, 5) is 23.0. The van der Waals surface area contributed by atoms with Crippen molar-refractivity contribution in [3.05, 3.63) is 54.7 Å². The molecule has 1 atom stereocenters. The lowest BCUT2D eigenvalue weighted by atomic mass is 9.87. The summed E-state index contributed by atoms with van der Waals surface area (Å²) >= 11 is 13.1. The molecule has 1 aromatic carbocycles. The van der Waals surface area contributed by atoms with Gasteiger partial charge >= 0.3 is 6.18 Å². The molecule has 11 heteroatoms. The summed E-state index contributed by atoms with van der Waals surface area (Å²) in [7, 11) is 0. The van der Waals surface area contributed by atoms with Gasteiger partial charge in [-0.05, 0) is 61.7 Å². The Kier molecular flexibility index (Phi) is 6.75. The van der Waals surface area contributed by atoms with E-state index in [9.17, 15) is 18.0 Å². The molecule has 0 bridgehead atoms.